The number of anilines is 3. The summed E-state index contributed by atoms with van der Waals surface area (Å²) in [7, 11) is 0. The molecule has 2 heterocycles. The van der Waals surface area contributed by atoms with E-state index < -0.39 is 0 Å². The lowest BCUT2D eigenvalue weighted by atomic mass is 10.0. The summed E-state index contributed by atoms with van der Waals surface area (Å²) >= 11 is 12.0. The summed E-state index contributed by atoms with van der Waals surface area (Å²) in [6.07, 6.45) is 4.27. The molecule has 2 aromatic rings. The van der Waals surface area contributed by atoms with Gasteiger partial charge in [-0.3, -0.25) is 0 Å². The molecule has 1 atom stereocenters. The molecule has 1 N–H and O–H groups in total. The zero-order valence-corrected chi connectivity index (χ0v) is 13.9. The fourth-order valence-corrected chi connectivity index (χ4v) is 3.26. The Morgan fingerprint density at radius 3 is 2.73 bits per heavy atom. The molecule has 0 aliphatic carbocycles. The lowest BCUT2D eigenvalue weighted by Crippen LogP contribution is -2.34. The predicted molar refractivity (Wildman–Crippen MR) is 92.4 cm³/mol. The summed E-state index contributed by atoms with van der Waals surface area (Å²) in [6, 6.07) is 7.24. The molecular weight excluding hydrogens is 319 g/mol. The van der Waals surface area contributed by atoms with Gasteiger partial charge in [-0.15, -0.1) is 0 Å². The van der Waals surface area contributed by atoms with Crippen LogP contribution >= 0.6 is 23.2 Å². The molecule has 0 amide bonds. The first-order chi connectivity index (χ1) is 10.6. The average Bonchev–Trinajstić information content (AvgIpc) is 2.46. The van der Waals surface area contributed by atoms with Gasteiger partial charge in [-0.2, -0.15) is 4.98 Å². The Kier molecular flexibility index (Phi) is 4.69. The van der Waals surface area contributed by atoms with Gasteiger partial charge < -0.3 is 10.2 Å². The molecule has 0 spiro atoms. The van der Waals surface area contributed by atoms with Crippen molar-refractivity contribution in [2.45, 2.75) is 19.8 Å². The Hall–Kier alpha value is -1.52. The number of rotatable bonds is 3. The van der Waals surface area contributed by atoms with Crippen LogP contribution in [0.3, 0.4) is 0 Å². The Labute approximate surface area is 140 Å². The second-order valence-corrected chi connectivity index (χ2v) is 6.59. The number of piperidine rings is 1. The van der Waals surface area contributed by atoms with Crippen LogP contribution in [-0.2, 0) is 0 Å². The molecule has 1 saturated heterocycles. The van der Waals surface area contributed by atoms with E-state index in [0.717, 1.165) is 24.6 Å². The van der Waals surface area contributed by atoms with E-state index in [1.165, 1.54) is 12.8 Å². The molecule has 1 aromatic heterocycles. The van der Waals surface area contributed by atoms with Crippen LogP contribution in [0.4, 0.5) is 17.5 Å². The fourth-order valence-electron chi connectivity index (χ4n) is 2.74. The van der Waals surface area contributed by atoms with E-state index in [1.54, 1.807) is 24.4 Å². The van der Waals surface area contributed by atoms with Crippen molar-refractivity contribution in [2.24, 2.45) is 5.92 Å². The Bertz CT molecular complexity index is 642. The molecule has 0 bridgehead atoms. The number of hydrogen-bond acceptors (Lipinski definition) is 4. The number of halogens is 2. The minimum absolute atomic E-state index is 0.550. The number of aromatic nitrogens is 2. The summed E-state index contributed by atoms with van der Waals surface area (Å²) in [5.74, 6) is 2.21. The second kappa shape index (κ2) is 6.71. The summed E-state index contributed by atoms with van der Waals surface area (Å²) in [5, 5.41) is 4.32. The molecule has 116 valence electrons. The van der Waals surface area contributed by atoms with Crippen LogP contribution in [0.1, 0.15) is 19.8 Å². The van der Waals surface area contributed by atoms with Crippen molar-refractivity contribution in [3.05, 3.63) is 40.5 Å². The van der Waals surface area contributed by atoms with E-state index in [2.05, 4.69) is 27.1 Å². The number of hydrogen-bond donors (Lipinski definition) is 1. The van der Waals surface area contributed by atoms with E-state index in [1.807, 2.05) is 6.07 Å². The predicted octanol–water partition coefficient (Wildman–Crippen LogP) is 4.76. The largest absolute Gasteiger partial charge is 0.356 e. The van der Waals surface area contributed by atoms with Gasteiger partial charge in [0.1, 0.15) is 5.82 Å². The van der Waals surface area contributed by atoms with Crippen molar-refractivity contribution in [2.75, 3.05) is 23.3 Å². The molecule has 22 heavy (non-hydrogen) atoms. The molecule has 1 aliphatic rings. The monoisotopic (exact) mass is 336 g/mol. The molecule has 3 rings (SSSR count). The average molecular weight is 337 g/mol. The van der Waals surface area contributed by atoms with E-state index in [4.69, 9.17) is 23.2 Å². The molecule has 1 aromatic carbocycles. The minimum atomic E-state index is 0.550. The second-order valence-electron chi connectivity index (χ2n) is 5.71. The van der Waals surface area contributed by atoms with Crippen LogP contribution in [0.5, 0.6) is 0 Å². The van der Waals surface area contributed by atoms with Gasteiger partial charge in [-0.05, 0) is 43.0 Å². The van der Waals surface area contributed by atoms with Crippen LogP contribution in [0, 0.1) is 5.92 Å². The smallest absolute Gasteiger partial charge is 0.229 e. The van der Waals surface area contributed by atoms with Crippen molar-refractivity contribution < 1.29 is 0 Å². The standard InChI is InChI=1S/C16H18Cl2N4/c1-11-3-2-6-22(10-11)15-4-5-19-16(21-15)20-14-8-12(17)7-13(18)9-14/h4-5,7-9,11H,2-3,6,10H2,1H3,(H,19,20,21). The fraction of sp³-hybridized carbons (Fsp3) is 0.375. The van der Waals surface area contributed by atoms with Crippen LogP contribution in [-0.4, -0.2) is 23.1 Å². The summed E-state index contributed by atoms with van der Waals surface area (Å²) in [4.78, 5) is 11.2. The topological polar surface area (TPSA) is 41.1 Å². The van der Waals surface area contributed by atoms with Gasteiger partial charge >= 0.3 is 0 Å². The third-order valence-electron chi connectivity index (χ3n) is 3.74. The first kappa shape index (κ1) is 15.4. The zero-order valence-electron chi connectivity index (χ0n) is 12.4. The number of nitrogens with one attached hydrogen (secondary N) is 1. The lowest BCUT2D eigenvalue weighted by molar-refractivity contribution is 0.444. The summed E-state index contributed by atoms with van der Waals surface area (Å²) in [5.41, 5.74) is 0.779. The normalized spacial score (nSPS) is 18.3. The first-order valence-electron chi connectivity index (χ1n) is 7.41. The highest BCUT2D eigenvalue weighted by molar-refractivity contribution is 6.35. The highest BCUT2D eigenvalue weighted by Gasteiger charge is 2.17. The molecule has 1 fully saturated rings. The van der Waals surface area contributed by atoms with E-state index in [0.29, 0.717) is 21.9 Å². The van der Waals surface area contributed by atoms with Gasteiger partial charge in [-0.25, -0.2) is 4.98 Å². The zero-order chi connectivity index (χ0) is 15.5. The third kappa shape index (κ3) is 3.81. The molecule has 1 aliphatic heterocycles. The molecule has 0 saturated carbocycles. The number of nitrogens with zero attached hydrogens (tertiary/aromatic N) is 3. The third-order valence-corrected chi connectivity index (χ3v) is 4.18. The van der Waals surface area contributed by atoms with Gasteiger partial charge in [0, 0.05) is 35.0 Å². The van der Waals surface area contributed by atoms with Gasteiger partial charge in [0.15, 0.2) is 0 Å². The van der Waals surface area contributed by atoms with Crippen molar-refractivity contribution in [3.63, 3.8) is 0 Å². The first-order valence-corrected chi connectivity index (χ1v) is 8.17. The van der Waals surface area contributed by atoms with Gasteiger partial charge in [0.2, 0.25) is 5.95 Å². The molecular formula is C16H18Cl2N4. The maximum absolute atomic E-state index is 6.01. The van der Waals surface area contributed by atoms with Crippen LogP contribution in [0.2, 0.25) is 10.0 Å². The van der Waals surface area contributed by atoms with Crippen molar-refractivity contribution >= 4 is 40.7 Å². The number of benzene rings is 1. The maximum atomic E-state index is 6.01. The van der Waals surface area contributed by atoms with Crippen molar-refractivity contribution in [1.82, 2.24) is 9.97 Å². The highest BCUT2D eigenvalue weighted by Crippen LogP contribution is 2.25. The SMILES string of the molecule is CC1CCCN(c2ccnc(Nc3cc(Cl)cc(Cl)c3)n2)C1. The Morgan fingerprint density at radius 1 is 1.23 bits per heavy atom. The summed E-state index contributed by atoms with van der Waals surface area (Å²) in [6.45, 7) is 4.36. The van der Waals surface area contributed by atoms with Crippen LogP contribution in [0.25, 0.3) is 0 Å². The maximum Gasteiger partial charge on any atom is 0.229 e. The van der Waals surface area contributed by atoms with Crippen LogP contribution < -0.4 is 10.2 Å². The summed E-state index contributed by atoms with van der Waals surface area (Å²) < 4.78 is 0. The molecule has 0 radical (unpaired) electrons. The van der Waals surface area contributed by atoms with E-state index in [-0.39, 0.29) is 0 Å². The van der Waals surface area contributed by atoms with Crippen molar-refractivity contribution in [3.8, 4) is 0 Å². The van der Waals surface area contributed by atoms with Crippen LogP contribution in [0.15, 0.2) is 30.5 Å². The Balaban J connectivity index is 1.78. The molecule has 1 unspecified atom stereocenters. The Morgan fingerprint density at radius 2 is 2.00 bits per heavy atom. The van der Waals surface area contributed by atoms with Gasteiger partial charge in [-0.1, -0.05) is 30.1 Å². The quantitative estimate of drug-likeness (QED) is 0.876. The van der Waals surface area contributed by atoms with Gasteiger partial charge in [0.25, 0.3) is 0 Å². The lowest BCUT2D eigenvalue weighted by Gasteiger charge is -2.31. The van der Waals surface area contributed by atoms with E-state index in [9.17, 15) is 0 Å². The van der Waals surface area contributed by atoms with Gasteiger partial charge in [0.05, 0.1) is 0 Å². The minimum Gasteiger partial charge on any atom is -0.356 e. The molecule has 6 heteroatoms. The van der Waals surface area contributed by atoms with E-state index >= 15 is 0 Å². The molecule has 4 nitrogen and oxygen atoms in total. The highest BCUT2D eigenvalue weighted by atomic mass is 35.5. The van der Waals surface area contributed by atoms with Crippen molar-refractivity contribution in [1.29, 1.82) is 0 Å².